The number of pyridine rings is 1. The van der Waals surface area contributed by atoms with Gasteiger partial charge in [0.1, 0.15) is 0 Å². The first-order valence-electron chi connectivity index (χ1n) is 10.2. The molecular weight excluding hydrogens is 419 g/mol. The minimum Gasteiger partial charge on any atom is -0.387 e. The lowest BCUT2D eigenvalue weighted by Gasteiger charge is -2.45. The highest BCUT2D eigenvalue weighted by atomic mass is 35.5. The Morgan fingerprint density at radius 1 is 1.33 bits per heavy atom. The van der Waals surface area contributed by atoms with Crippen LogP contribution >= 0.6 is 23.2 Å². The Morgan fingerprint density at radius 3 is 2.73 bits per heavy atom. The molecule has 1 aromatic carbocycles. The number of aromatic nitrogens is 1. The number of amides is 1. The third-order valence-electron chi connectivity index (χ3n) is 6.12. The Kier molecular flexibility index (Phi) is 7.22. The largest absolute Gasteiger partial charge is 0.387 e. The summed E-state index contributed by atoms with van der Waals surface area (Å²) in [5.41, 5.74) is 1.14. The maximum absolute atomic E-state index is 13.0. The fourth-order valence-corrected chi connectivity index (χ4v) is 4.74. The van der Waals surface area contributed by atoms with Gasteiger partial charge in [-0.3, -0.25) is 9.78 Å². The van der Waals surface area contributed by atoms with Crippen molar-refractivity contribution in [3.8, 4) is 0 Å². The Bertz CT molecular complexity index is 902. The number of carbonyl (C=O) groups is 1. The summed E-state index contributed by atoms with van der Waals surface area (Å²) in [7, 11) is 0. The van der Waals surface area contributed by atoms with Gasteiger partial charge in [-0.1, -0.05) is 55.3 Å². The highest BCUT2D eigenvalue weighted by molar-refractivity contribution is 6.30. The quantitative estimate of drug-likeness (QED) is 0.535. The number of benzene rings is 1. The van der Waals surface area contributed by atoms with Crippen molar-refractivity contribution in [3.05, 3.63) is 76.6 Å². The van der Waals surface area contributed by atoms with Gasteiger partial charge in [0.05, 0.1) is 22.2 Å². The zero-order valence-corrected chi connectivity index (χ0v) is 18.8. The summed E-state index contributed by atoms with van der Waals surface area (Å²) < 4.78 is 0. The third kappa shape index (κ3) is 5.05. The van der Waals surface area contributed by atoms with Crippen molar-refractivity contribution in [2.24, 2.45) is 11.3 Å². The van der Waals surface area contributed by atoms with E-state index in [4.69, 9.17) is 23.2 Å². The second-order valence-corrected chi connectivity index (χ2v) is 9.42. The van der Waals surface area contributed by atoms with E-state index in [1.165, 1.54) is 6.20 Å². The predicted octanol–water partition coefficient (Wildman–Crippen LogP) is 5.70. The highest BCUT2D eigenvalue weighted by Crippen LogP contribution is 2.44. The molecule has 0 radical (unpaired) electrons. The predicted molar refractivity (Wildman–Crippen MR) is 122 cm³/mol. The van der Waals surface area contributed by atoms with E-state index in [1.807, 2.05) is 25.1 Å². The molecule has 160 valence electrons. The highest BCUT2D eigenvalue weighted by Gasteiger charge is 2.45. The van der Waals surface area contributed by atoms with Crippen LogP contribution in [0.2, 0.25) is 10.0 Å². The van der Waals surface area contributed by atoms with E-state index in [0.717, 1.165) is 5.56 Å². The molecule has 1 amide bonds. The second kappa shape index (κ2) is 9.51. The zero-order chi connectivity index (χ0) is 21.9. The average molecular weight is 447 g/mol. The van der Waals surface area contributed by atoms with Gasteiger partial charge in [0.2, 0.25) is 5.91 Å². The van der Waals surface area contributed by atoms with Crippen molar-refractivity contribution >= 4 is 29.1 Å². The van der Waals surface area contributed by atoms with Gasteiger partial charge in [-0.15, -0.1) is 6.58 Å². The van der Waals surface area contributed by atoms with Crippen LogP contribution in [0.25, 0.3) is 0 Å². The molecule has 1 aliphatic heterocycles. The normalized spacial score (nSPS) is 26.0. The van der Waals surface area contributed by atoms with Crippen LogP contribution in [0.5, 0.6) is 0 Å². The smallest absolute Gasteiger partial charge is 0.226 e. The lowest BCUT2D eigenvalue weighted by Crippen LogP contribution is -2.55. The molecule has 6 heteroatoms. The fourth-order valence-electron chi connectivity index (χ4n) is 4.43. The van der Waals surface area contributed by atoms with E-state index < -0.39 is 11.5 Å². The number of nitrogens with one attached hydrogen (secondary N) is 1. The Labute approximate surface area is 188 Å². The molecule has 0 aliphatic carbocycles. The van der Waals surface area contributed by atoms with Gasteiger partial charge >= 0.3 is 0 Å². The Balaban J connectivity index is 1.86. The van der Waals surface area contributed by atoms with Crippen LogP contribution in [0.1, 0.15) is 56.4 Å². The number of aliphatic hydroxyl groups is 1. The maximum atomic E-state index is 13.0. The van der Waals surface area contributed by atoms with E-state index >= 15 is 0 Å². The molecule has 2 aromatic rings. The first-order valence-corrected chi connectivity index (χ1v) is 11.0. The van der Waals surface area contributed by atoms with Crippen LogP contribution in [0, 0.1) is 11.3 Å². The Morgan fingerprint density at radius 2 is 2.10 bits per heavy atom. The molecule has 2 heterocycles. The van der Waals surface area contributed by atoms with Gasteiger partial charge in [-0.05, 0) is 55.0 Å². The van der Waals surface area contributed by atoms with Gasteiger partial charge in [0, 0.05) is 23.2 Å². The summed E-state index contributed by atoms with van der Waals surface area (Å²) in [4.78, 5) is 17.2. The number of aliphatic hydroxyl groups excluding tert-OH is 1. The van der Waals surface area contributed by atoms with Gasteiger partial charge in [0.15, 0.2) is 0 Å². The molecule has 1 unspecified atom stereocenters. The van der Waals surface area contributed by atoms with Crippen LogP contribution in [-0.2, 0) is 4.79 Å². The molecular formula is C24H28Cl2N2O2. The van der Waals surface area contributed by atoms with E-state index in [1.54, 1.807) is 18.2 Å². The molecule has 4 nitrogen and oxygen atoms in total. The van der Waals surface area contributed by atoms with Gasteiger partial charge in [-0.2, -0.15) is 0 Å². The number of carbonyl (C=O) groups excluding carboxylic acids is 1. The molecule has 1 fully saturated rings. The van der Waals surface area contributed by atoms with Gasteiger partial charge in [0.25, 0.3) is 0 Å². The van der Waals surface area contributed by atoms with Crippen molar-refractivity contribution in [1.29, 1.82) is 0 Å². The third-order valence-corrected chi connectivity index (χ3v) is 6.58. The summed E-state index contributed by atoms with van der Waals surface area (Å²) >= 11 is 12.2. The molecule has 0 spiro atoms. The number of allylic oxidation sites excluding steroid dienone is 1. The molecule has 5 atom stereocenters. The van der Waals surface area contributed by atoms with Crippen LogP contribution in [0.15, 0.2) is 55.3 Å². The molecule has 1 aromatic heterocycles. The Hall–Kier alpha value is -1.88. The van der Waals surface area contributed by atoms with Crippen molar-refractivity contribution < 1.29 is 9.90 Å². The zero-order valence-electron chi connectivity index (χ0n) is 17.3. The van der Waals surface area contributed by atoms with Crippen molar-refractivity contribution in [1.82, 2.24) is 10.3 Å². The van der Waals surface area contributed by atoms with Crippen LogP contribution in [0.4, 0.5) is 0 Å². The summed E-state index contributed by atoms with van der Waals surface area (Å²) in [6.45, 7) is 7.86. The molecule has 3 rings (SSSR count). The molecule has 0 saturated carbocycles. The van der Waals surface area contributed by atoms with Crippen molar-refractivity contribution in [3.63, 3.8) is 0 Å². The second-order valence-electron chi connectivity index (χ2n) is 8.55. The van der Waals surface area contributed by atoms with Crippen LogP contribution < -0.4 is 5.32 Å². The van der Waals surface area contributed by atoms with Gasteiger partial charge < -0.3 is 10.4 Å². The number of piperidine rings is 1. The number of hydrogen-bond donors (Lipinski definition) is 2. The number of hydrogen-bond acceptors (Lipinski definition) is 3. The minimum absolute atomic E-state index is 0.0127. The summed E-state index contributed by atoms with van der Waals surface area (Å²) in [5, 5.41) is 15.2. The number of halogens is 2. The summed E-state index contributed by atoms with van der Waals surface area (Å²) in [6.07, 6.45) is 4.35. The van der Waals surface area contributed by atoms with Crippen LogP contribution in [0.3, 0.4) is 0 Å². The lowest BCUT2D eigenvalue weighted by atomic mass is 9.67. The lowest BCUT2D eigenvalue weighted by molar-refractivity contribution is -0.135. The SMILES string of the molecule is C=CC[C@@]1(C)C[C@H](c2cccc(Cl)c2)[C@H](C(C)C[C@H](O)c2ccc(Cl)cn2)NC1=O. The van der Waals surface area contributed by atoms with Crippen LogP contribution in [-0.4, -0.2) is 22.0 Å². The monoisotopic (exact) mass is 446 g/mol. The molecule has 0 bridgehead atoms. The van der Waals surface area contributed by atoms with E-state index in [-0.39, 0.29) is 23.8 Å². The topological polar surface area (TPSA) is 62.2 Å². The van der Waals surface area contributed by atoms with Crippen molar-refractivity contribution in [2.45, 2.75) is 51.2 Å². The van der Waals surface area contributed by atoms with Crippen molar-refractivity contribution in [2.75, 3.05) is 0 Å². The fraction of sp³-hybridized carbons (Fsp3) is 0.417. The standard InChI is InChI=1S/C24H28Cl2N2O2/c1-4-10-24(3)13-19(16-6-5-7-17(25)12-16)22(28-23(24)30)15(2)11-21(29)20-9-8-18(26)14-27-20/h4-9,12,14-15,19,21-22,29H,1,10-11,13H2,2-3H3,(H,28,30)/t15?,19-,21+,22+,24+/m1/s1. The molecule has 1 saturated heterocycles. The number of nitrogens with zero attached hydrogens (tertiary/aromatic N) is 1. The number of rotatable bonds is 7. The first kappa shape index (κ1) is 22.8. The first-order chi connectivity index (χ1) is 14.2. The molecule has 2 N–H and O–H groups in total. The van der Waals surface area contributed by atoms with E-state index in [9.17, 15) is 9.90 Å². The van der Waals surface area contributed by atoms with E-state index in [2.05, 4.69) is 29.9 Å². The summed E-state index contributed by atoms with van der Waals surface area (Å²) in [6, 6.07) is 11.1. The molecule has 30 heavy (non-hydrogen) atoms. The van der Waals surface area contributed by atoms with E-state index in [0.29, 0.717) is 35.0 Å². The maximum Gasteiger partial charge on any atom is 0.226 e. The minimum atomic E-state index is -0.740. The van der Waals surface area contributed by atoms with Gasteiger partial charge in [-0.25, -0.2) is 0 Å². The average Bonchev–Trinajstić information content (AvgIpc) is 2.70. The summed E-state index contributed by atoms with van der Waals surface area (Å²) in [5.74, 6) is 0.113. The molecule has 1 aliphatic rings.